The monoisotopic (exact) mass is 220 g/mol. The Hall–Kier alpha value is -1.64. The first kappa shape index (κ1) is 12.4. The second-order valence-electron chi connectivity index (χ2n) is 3.95. The van der Waals surface area contributed by atoms with Gasteiger partial charge >= 0.3 is 0 Å². The van der Waals surface area contributed by atoms with Gasteiger partial charge in [-0.15, -0.1) is 0 Å². The number of benzene rings is 1. The van der Waals surface area contributed by atoms with E-state index < -0.39 is 0 Å². The Bertz CT molecular complexity index is 410. The van der Waals surface area contributed by atoms with Crippen LogP contribution in [0, 0.1) is 13.8 Å². The number of ketones is 2. The largest absolute Gasteiger partial charge is 0.496 e. The number of hydrogen-bond acceptors (Lipinski definition) is 3. The highest BCUT2D eigenvalue weighted by Gasteiger charge is 2.12. The van der Waals surface area contributed by atoms with Gasteiger partial charge in [0.1, 0.15) is 11.5 Å². The summed E-state index contributed by atoms with van der Waals surface area (Å²) < 4.78 is 5.21. The minimum Gasteiger partial charge on any atom is -0.496 e. The maximum absolute atomic E-state index is 11.7. The summed E-state index contributed by atoms with van der Waals surface area (Å²) in [5, 5.41) is 0. The van der Waals surface area contributed by atoms with Crippen LogP contribution in [-0.4, -0.2) is 18.7 Å². The lowest BCUT2D eigenvalue weighted by Crippen LogP contribution is -2.06. The number of carbonyl (C=O) groups excluding carboxylic acids is 2. The number of Topliss-reactive ketones (excluding diaryl/α,β-unsaturated/α-hetero) is 2. The molecular weight excluding hydrogens is 204 g/mol. The fourth-order valence-corrected chi connectivity index (χ4v) is 1.76. The van der Waals surface area contributed by atoms with Gasteiger partial charge in [0.15, 0.2) is 5.78 Å². The normalized spacial score (nSPS) is 10.0. The van der Waals surface area contributed by atoms with Gasteiger partial charge in [-0.25, -0.2) is 0 Å². The molecule has 0 aromatic heterocycles. The molecule has 0 amide bonds. The standard InChI is InChI=1S/C13H16O3/c1-8-5-11(12(15)7-10(3)14)6-9(2)13(8)16-4/h5-6H,7H2,1-4H3. The zero-order valence-corrected chi connectivity index (χ0v) is 10.1. The highest BCUT2D eigenvalue weighted by atomic mass is 16.5. The Kier molecular flexibility index (Phi) is 3.82. The van der Waals surface area contributed by atoms with Gasteiger partial charge in [0, 0.05) is 5.56 Å². The van der Waals surface area contributed by atoms with Crippen molar-refractivity contribution in [1.82, 2.24) is 0 Å². The SMILES string of the molecule is COc1c(C)cc(C(=O)CC(C)=O)cc1C. The van der Waals surface area contributed by atoms with E-state index in [-0.39, 0.29) is 18.0 Å². The molecular formula is C13H16O3. The third-order valence-electron chi connectivity index (χ3n) is 2.40. The van der Waals surface area contributed by atoms with Gasteiger partial charge in [0.25, 0.3) is 0 Å². The fraction of sp³-hybridized carbons (Fsp3) is 0.385. The van der Waals surface area contributed by atoms with Gasteiger partial charge in [0.2, 0.25) is 0 Å². The minimum absolute atomic E-state index is 0.0365. The molecule has 0 saturated heterocycles. The Balaban J connectivity index is 3.08. The molecule has 16 heavy (non-hydrogen) atoms. The molecule has 0 bridgehead atoms. The average Bonchev–Trinajstić information content (AvgIpc) is 2.16. The van der Waals surface area contributed by atoms with Crippen molar-refractivity contribution in [2.45, 2.75) is 27.2 Å². The summed E-state index contributed by atoms with van der Waals surface area (Å²) in [5.74, 6) is 0.539. The fourth-order valence-electron chi connectivity index (χ4n) is 1.76. The summed E-state index contributed by atoms with van der Waals surface area (Å²) >= 11 is 0. The molecule has 0 fully saturated rings. The van der Waals surface area contributed by atoms with Crippen LogP contribution in [0.1, 0.15) is 34.8 Å². The highest BCUT2D eigenvalue weighted by Crippen LogP contribution is 2.24. The molecule has 86 valence electrons. The molecule has 0 aliphatic carbocycles. The summed E-state index contributed by atoms with van der Waals surface area (Å²) in [5.41, 5.74) is 2.40. The quantitative estimate of drug-likeness (QED) is 0.578. The van der Waals surface area contributed by atoms with Crippen LogP contribution in [0.3, 0.4) is 0 Å². The Morgan fingerprint density at radius 3 is 2.06 bits per heavy atom. The predicted octanol–water partition coefficient (Wildman–Crippen LogP) is 2.47. The lowest BCUT2D eigenvalue weighted by molar-refractivity contribution is -0.116. The zero-order chi connectivity index (χ0) is 12.3. The molecule has 0 N–H and O–H groups in total. The maximum atomic E-state index is 11.7. The van der Waals surface area contributed by atoms with Gasteiger partial charge < -0.3 is 4.74 Å². The highest BCUT2D eigenvalue weighted by molar-refractivity contribution is 6.07. The number of rotatable bonds is 4. The second kappa shape index (κ2) is 4.92. The van der Waals surface area contributed by atoms with Crippen LogP contribution < -0.4 is 4.74 Å². The van der Waals surface area contributed by atoms with E-state index in [0.717, 1.165) is 16.9 Å². The van der Waals surface area contributed by atoms with E-state index >= 15 is 0 Å². The molecule has 1 rings (SSSR count). The van der Waals surface area contributed by atoms with Gasteiger partial charge in [-0.3, -0.25) is 9.59 Å². The van der Waals surface area contributed by atoms with Crippen molar-refractivity contribution in [3.8, 4) is 5.75 Å². The van der Waals surface area contributed by atoms with Crippen LogP contribution in [0.15, 0.2) is 12.1 Å². The van der Waals surface area contributed by atoms with Gasteiger partial charge in [-0.1, -0.05) is 0 Å². The van der Waals surface area contributed by atoms with Crippen molar-refractivity contribution >= 4 is 11.6 Å². The van der Waals surface area contributed by atoms with E-state index in [4.69, 9.17) is 4.74 Å². The molecule has 3 nitrogen and oxygen atoms in total. The van der Waals surface area contributed by atoms with Crippen molar-refractivity contribution in [3.63, 3.8) is 0 Å². The molecule has 0 radical (unpaired) electrons. The van der Waals surface area contributed by atoms with E-state index in [0.29, 0.717) is 5.56 Å². The molecule has 1 aromatic carbocycles. The summed E-state index contributed by atoms with van der Waals surface area (Å²) in [7, 11) is 1.60. The van der Waals surface area contributed by atoms with Crippen molar-refractivity contribution in [3.05, 3.63) is 28.8 Å². The summed E-state index contributed by atoms with van der Waals surface area (Å²) in [6.07, 6.45) is -0.0365. The van der Waals surface area contributed by atoms with E-state index in [1.54, 1.807) is 19.2 Å². The first-order valence-electron chi connectivity index (χ1n) is 5.13. The van der Waals surface area contributed by atoms with Crippen LogP contribution in [0.4, 0.5) is 0 Å². The number of methoxy groups -OCH3 is 1. The van der Waals surface area contributed by atoms with Crippen LogP contribution in [0.5, 0.6) is 5.75 Å². The molecule has 1 aromatic rings. The molecule has 0 heterocycles. The molecule has 3 heteroatoms. The average molecular weight is 220 g/mol. The number of carbonyl (C=O) groups is 2. The third-order valence-corrected chi connectivity index (χ3v) is 2.40. The molecule has 0 atom stereocenters. The lowest BCUT2D eigenvalue weighted by atomic mass is 10.0. The molecule has 0 aliphatic rings. The number of hydrogen-bond donors (Lipinski definition) is 0. The zero-order valence-electron chi connectivity index (χ0n) is 10.1. The Morgan fingerprint density at radius 1 is 1.19 bits per heavy atom. The van der Waals surface area contributed by atoms with Crippen molar-refractivity contribution in [1.29, 1.82) is 0 Å². The van der Waals surface area contributed by atoms with Crippen molar-refractivity contribution in [2.75, 3.05) is 7.11 Å². The Morgan fingerprint density at radius 2 is 1.69 bits per heavy atom. The first-order valence-corrected chi connectivity index (χ1v) is 5.13. The topological polar surface area (TPSA) is 43.4 Å². The van der Waals surface area contributed by atoms with Crippen molar-refractivity contribution < 1.29 is 14.3 Å². The minimum atomic E-state index is -0.138. The first-order chi connectivity index (χ1) is 7.45. The van der Waals surface area contributed by atoms with Crippen LogP contribution in [0.25, 0.3) is 0 Å². The molecule has 0 unspecified atom stereocenters. The number of aryl methyl sites for hydroxylation is 2. The van der Waals surface area contributed by atoms with Crippen LogP contribution in [0.2, 0.25) is 0 Å². The predicted molar refractivity (Wildman–Crippen MR) is 62.1 cm³/mol. The maximum Gasteiger partial charge on any atom is 0.170 e. The van der Waals surface area contributed by atoms with Gasteiger partial charge in [0.05, 0.1) is 13.5 Å². The van der Waals surface area contributed by atoms with E-state index in [1.165, 1.54) is 6.92 Å². The molecule has 0 spiro atoms. The van der Waals surface area contributed by atoms with Gasteiger partial charge in [-0.2, -0.15) is 0 Å². The lowest BCUT2D eigenvalue weighted by Gasteiger charge is -2.10. The summed E-state index contributed by atoms with van der Waals surface area (Å²) in [6.45, 7) is 5.19. The van der Waals surface area contributed by atoms with Crippen LogP contribution in [-0.2, 0) is 4.79 Å². The number of ether oxygens (including phenoxy) is 1. The van der Waals surface area contributed by atoms with E-state index in [9.17, 15) is 9.59 Å². The van der Waals surface area contributed by atoms with Gasteiger partial charge in [-0.05, 0) is 44.0 Å². The summed E-state index contributed by atoms with van der Waals surface area (Å²) in [4.78, 5) is 22.6. The molecule has 0 saturated carbocycles. The third kappa shape index (κ3) is 2.69. The summed E-state index contributed by atoms with van der Waals surface area (Å²) in [6, 6.07) is 3.52. The van der Waals surface area contributed by atoms with Crippen LogP contribution >= 0.6 is 0 Å². The van der Waals surface area contributed by atoms with E-state index in [2.05, 4.69) is 0 Å². The second-order valence-corrected chi connectivity index (χ2v) is 3.95. The van der Waals surface area contributed by atoms with E-state index in [1.807, 2.05) is 13.8 Å². The smallest absolute Gasteiger partial charge is 0.170 e. The molecule has 0 aliphatic heterocycles. The Labute approximate surface area is 95.4 Å². The van der Waals surface area contributed by atoms with Crippen molar-refractivity contribution in [2.24, 2.45) is 0 Å².